The summed E-state index contributed by atoms with van der Waals surface area (Å²) in [5.74, 6) is -2.06. The van der Waals surface area contributed by atoms with Crippen LogP contribution in [0.15, 0.2) is 24.3 Å². The lowest BCUT2D eigenvalue weighted by atomic mass is 9.93. The molecule has 10 heteroatoms. The first-order valence-corrected chi connectivity index (χ1v) is 12.1. The Morgan fingerprint density at radius 1 is 0.967 bits per heavy atom. The van der Waals surface area contributed by atoms with Crippen molar-refractivity contribution in [1.29, 1.82) is 0 Å². The number of non-ortho nitro benzene ring substituents is 1. The average molecular weight is 442 g/mol. The van der Waals surface area contributed by atoms with Crippen molar-refractivity contribution in [2.75, 3.05) is 26.4 Å². The molecular formula is C20H31NO8Si. The van der Waals surface area contributed by atoms with E-state index in [9.17, 15) is 19.7 Å². The molecule has 1 atom stereocenters. The van der Waals surface area contributed by atoms with Gasteiger partial charge in [0.2, 0.25) is 0 Å². The third-order valence-electron chi connectivity index (χ3n) is 4.32. The van der Waals surface area contributed by atoms with E-state index in [-0.39, 0.29) is 24.3 Å². The van der Waals surface area contributed by atoms with Gasteiger partial charge in [-0.05, 0) is 52.7 Å². The molecule has 0 aliphatic rings. The van der Waals surface area contributed by atoms with Crippen LogP contribution in [0.1, 0.15) is 50.9 Å². The second-order valence-corrected chi connectivity index (χ2v) is 9.08. The van der Waals surface area contributed by atoms with Crippen molar-refractivity contribution in [2.45, 2.75) is 46.6 Å². The van der Waals surface area contributed by atoms with Crippen molar-refractivity contribution >= 4 is 26.2 Å². The van der Waals surface area contributed by atoms with Crippen LogP contribution in [0.25, 0.3) is 0 Å². The number of benzene rings is 1. The highest BCUT2D eigenvalue weighted by Gasteiger charge is 2.40. The Balaban J connectivity index is 2.95. The molecule has 0 radical (unpaired) electrons. The van der Waals surface area contributed by atoms with E-state index >= 15 is 0 Å². The number of nitro groups is 1. The number of Topliss-reactive ketones (excluding diaryl/α,β-unsaturated/α-hetero) is 1. The minimum atomic E-state index is -2.89. The van der Waals surface area contributed by atoms with E-state index in [1.165, 1.54) is 24.3 Å². The molecular weight excluding hydrogens is 410 g/mol. The maximum absolute atomic E-state index is 12.9. The van der Waals surface area contributed by atoms with Crippen LogP contribution < -0.4 is 0 Å². The van der Waals surface area contributed by atoms with Crippen LogP contribution >= 0.6 is 0 Å². The minimum absolute atomic E-state index is 0.125. The molecule has 1 aromatic carbocycles. The number of ketones is 1. The molecule has 0 fully saturated rings. The van der Waals surface area contributed by atoms with Crippen LogP contribution in [-0.4, -0.2) is 51.9 Å². The van der Waals surface area contributed by atoms with E-state index < -0.39 is 31.4 Å². The molecule has 0 heterocycles. The van der Waals surface area contributed by atoms with Crippen LogP contribution in [0.5, 0.6) is 0 Å². The number of rotatable bonds is 15. The fraction of sp³-hybridized carbons (Fsp3) is 0.600. The number of carbonyl (C=O) groups is 2. The van der Waals surface area contributed by atoms with E-state index in [0.717, 1.165) is 0 Å². The number of nitro benzene ring substituents is 1. The quantitative estimate of drug-likeness (QED) is 0.101. The van der Waals surface area contributed by atoms with Crippen molar-refractivity contribution in [3.8, 4) is 0 Å². The Kier molecular flexibility index (Phi) is 11.4. The smallest absolute Gasteiger partial charge is 0.465 e. The molecule has 30 heavy (non-hydrogen) atoms. The number of hydrogen-bond donors (Lipinski definition) is 0. The van der Waals surface area contributed by atoms with Crippen LogP contribution in [-0.2, 0) is 22.8 Å². The summed E-state index contributed by atoms with van der Waals surface area (Å²) in [6.07, 6.45) is 0.699. The molecule has 0 aromatic heterocycles. The van der Waals surface area contributed by atoms with Crippen molar-refractivity contribution in [1.82, 2.24) is 0 Å². The van der Waals surface area contributed by atoms with E-state index in [1.807, 2.05) is 20.8 Å². The summed E-state index contributed by atoms with van der Waals surface area (Å²) in [5, 5.41) is 10.8. The van der Waals surface area contributed by atoms with E-state index in [0.29, 0.717) is 32.3 Å². The first kappa shape index (κ1) is 25.9. The van der Waals surface area contributed by atoms with Gasteiger partial charge >= 0.3 is 14.8 Å². The number of carbonyl (C=O) groups excluding carboxylic acids is 2. The average Bonchev–Trinajstić information content (AvgIpc) is 2.71. The Morgan fingerprint density at radius 3 is 1.93 bits per heavy atom. The summed E-state index contributed by atoms with van der Waals surface area (Å²) in [5.41, 5.74) is 0.0988. The molecule has 0 spiro atoms. The summed E-state index contributed by atoms with van der Waals surface area (Å²) in [6, 6.07) is 5.66. The number of ether oxygens (including phenoxy) is 1. The number of nitrogens with zero attached hydrogens (tertiary/aromatic N) is 1. The summed E-state index contributed by atoms with van der Waals surface area (Å²) in [6.45, 7) is 8.72. The van der Waals surface area contributed by atoms with Gasteiger partial charge in [-0.15, -0.1) is 0 Å². The van der Waals surface area contributed by atoms with Crippen molar-refractivity contribution in [3.05, 3.63) is 39.9 Å². The van der Waals surface area contributed by atoms with Gasteiger partial charge in [0.1, 0.15) is 5.92 Å². The molecule has 0 bridgehead atoms. The van der Waals surface area contributed by atoms with E-state index in [1.54, 1.807) is 6.92 Å². The second kappa shape index (κ2) is 13.2. The lowest BCUT2D eigenvalue weighted by molar-refractivity contribution is -0.384. The first-order chi connectivity index (χ1) is 14.3. The predicted octanol–water partition coefficient (Wildman–Crippen LogP) is 3.79. The molecule has 1 unspecified atom stereocenters. The van der Waals surface area contributed by atoms with E-state index in [4.69, 9.17) is 18.0 Å². The standard InChI is InChI=1S/C20H31NO8Si/c1-5-26-20(23)18(19(22)16-11-13-17(14-12-16)21(24)25)10-9-15-30(27-6-2,28-7-3)29-8-4/h11-14,18H,5-10,15H2,1-4H3. The SMILES string of the molecule is CCOC(=O)C(CCC[Si](OCC)(OCC)OCC)C(=O)c1ccc([N+](=O)[O-])cc1. The van der Waals surface area contributed by atoms with Crippen molar-refractivity contribution in [3.63, 3.8) is 0 Å². The van der Waals surface area contributed by atoms with Gasteiger partial charge in [-0.2, -0.15) is 0 Å². The molecule has 1 rings (SSSR count). The highest BCUT2D eigenvalue weighted by molar-refractivity contribution is 6.60. The first-order valence-electron chi connectivity index (χ1n) is 10.2. The lowest BCUT2D eigenvalue weighted by Crippen LogP contribution is -2.46. The monoisotopic (exact) mass is 441 g/mol. The number of esters is 1. The fourth-order valence-electron chi connectivity index (χ4n) is 3.07. The molecule has 9 nitrogen and oxygen atoms in total. The fourth-order valence-corrected chi connectivity index (χ4v) is 5.71. The summed E-state index contributed by atoms with van der Waals surface area (Å²) in [4.78, 5) is 35.6. The van der Waals surface area contributed by atoms with Crippen molar-refractivity contribution in [2.24, 2.45) is 5.92 Å². The van der Waals surface area contributed by atoms with Gasteiger partial charge < -0.3 is 18.0 Å². The van der Waals surface area contributed by atoms with Gasteiger partial charge in [0, 0.05) is 43.6 Å². The third kappa shape index (κ3) is 7.60. The van der Waals surface area contributed by atoms with Gasteiger partial charge in [-0.3, -0.25) is 19.7 Å². The number of hydrogen-bond acceptors (Lipinski definition) is 8. The van der Waals surface area contributed by atoms with Crippen LogP contribution in [0.4, 0.5) is 5.69 Å². The van der Waals surface area contributed by atoms with Gasteiger partial charge in [0.15, 0.2) is 5.78 Å². The van der Waals surface area contributed by atoms with Gasteiger partial charge in [-0.25, -0.2) is 0 Å². The van der Waals surface area contributed by atoms with Crippen molar-refractivity contribution < 1.29 is 32.5 Å². The maximum atomic E-state index is 12.9. The van der Waals surface area contributed by atoms with E-state index in [2.05, 4.69) is 0 Å². The van der Waals surface area contributed by atoms with Crippen LogP contribution in [0.3, 0.4) is 0 Å². The topological polar surface area (TPSA) is 114 Å². The van der Waals surface area contributed by atoms with Gasteiger partial charge in [-0.1, -0.05) is 0 Å². The Morgan fingerprint density at radius 2 is 1.50 bits per heavy atom. The molecule has 0 N–H and O–H groups in total. The van der Waals surface area contributed by atoms with Gasteiger partial charge in [0.05, 0.1) is 11.5 Å². The summed E-state index contributed by atoms with van der Waals surface area (Å²) >= 11 is 0. The zero-order chi connectivity index (χ0) is 22.6. The highest BCUT2D eigenvalue weighted by Crippen LogP contribution is 2.24. The highest BCUT2D eigenvalue weighted by atomic mass is 28.4. The Labute approximate surface area is 178 Å². The third-order valence-corrected chi connectivity index (χ3v) is 7.47. The summed E-state index contributed by atoms with van der Waals surface area (Å²) in [7, 11) is -2.89. The molecule has 0 aliphatic carbocycles. The molecule has 1 aromatic rings. The largest absolute Gasteiger partial charge is 0.500 e. The summed E-state index contributed by atoms with van der Waals surface area (Å²) < 4.78 is 22.5. The zero-order valence-electron chi connectivity index (χ0n) is 18.0. The predicted molar refractivity (Wildman–Crippen MR) is 112 cm³/mol. The molecule has 0 saturated heterocycles. The van der Waals surface area contributed by atoms with Gasteiger partial charge in [0.25, 0.3) is 5.69 Å². The van der Waals surface area contributed by atoms with Crippen LogP contribution in [0.2, 0.25) is 6.04 Å². The Bertz CT molecular complexity index is 678. The molecule has 0 aliphatic heterocycles. The molecule has 0 saturated carbocycles. The Hall–Kier alpha value is -2.14. The lowest BCUT2D eigenvalue weighted by Gasteiger charge is -2.28. The zero-order valence-corrected chi connectivity index (χ0v) is 19.0. The molecule has 0 amide bonds. The second-order valence-electron chi connectivity index (χ2n) is 6.35. The normalized spacial score (nSPS) is 12.4. The van der Waals surface area contributed by atoms with Crippen LogP contribution in [0, 0.1) is 16.0 Å². The maximum Gasteiger partial charge on any atom is 0.500 e. The molecule has 168 valence electrons. The minimum Gasteiger partial charge on any atom is -0.465 e.